The van der Waals surface area contributed by atoms with Crippen molar-refractivity contribution in [3.05, 3.63) is 36.5 Å². The van der Waals surface area contributed by atoms with Crippen molar-refractivity contribution < 1.29 is 24.5 Å². The molecule has 1 amide bonds. The molecule has 3 N–H and O–H groups in total. The number of aliphatic hydroxyl groups is 2. The fourth-order valence-electron chi connectivity index (χ4n) is 7.42. The first-order valence-corrected chi connectivity index (χ1v) is 24.7. The van der Waals surface area contributed by atoms with Crippen LogP contribution in [0, 0.1) is 0 Å². The normalized spacial score (nSPS) is 13.6. The lowest BCUT2D eigenvalue weighted by atomic mass is 10.0. The molecule has 0 aliphatic carbocycles. The van der Waals surface area contributed by atoms with Gasteiger partial charge in [0.15, 0.2) is 0 Å². The molecule has 0 bridgehead atoms. The van der Waals surface area contributed by atoms with Crippen LogP contribution in [0.3, 0.4) is 0 Å². The van der Waals surface area contributed by atoms with Crippen molar-refractivity contribution in [2.24, 2.45) is 0 Å². The van der Waals surface area contributed by atoms with Crippen LogP contribution in [0.2, 0.25) is 0 Å². The van der Waals surface area contributed by atoms with E-state index in [1.54, 1.807) is 0 Å². The molecule has 6 heteroatoms. The van der Waals surface area contributed by atoms with E-state index in [0.717, 1.165) is 89.9 Å². The molecule has 0 radical (unpaired) electrons. The Bertz CT molecular complexity index is 946. The Morgan fingerprint density at radius 3 is 1.44 bits per heavy atom. The highest BCUT2D eigenvalue weighted by Gasteiger charge is 2.24. The topological polar surface area (TPSA) is 95.9 Å². The van der Waals surface area contributed by atoms with Crippen LogP contribution in [-0.2, 0) is 14.3 Å². The standard InChI is InChI=1S/C51H95NO5/c1-4-7-10-13-16-19-21-23-25-26-28-30-32-35-38-41-44-51(56)57-47(42-39-36-33-18-15-12-9-6-3)45-50(55)52-48(46-53)49(54)43-40-37-34-31-29-27-24-22-20-17-14-11-8-5-2/h12,15,25-26,28,30,47-49,53-54H,4-11,13-14,16-24,27,29,31-46H2,1-3H3,(H,52,55)/b15-12-,26-25+,30-28+. The van der Waals surface area contributed by atoms with Crippen molar-refractivity contribution >= 4 is 11.9 Å². The summed E-state index contributed by atoms with van der Waals surface area (Å²) in [6.45, 7) is 6.40. The van der Waals surface area contributed by atoms with Gasteiger partial charge in [0, 0.05) is 6.42 Å². The molecular weight excluding hydrogens is 707 g/mol. The molecule has 0 aromatic heterocycles. The van der Waals surface area contributed by atoms with Gasteiger partial charge >= 0.3 is 5.97 Å². The van der Waals surface area contributed by atoms with Crippen LogP contribution in [0.5, 0.6) is 0 Å². The van der Waals surface area contributed by atoms with Crippen molar-refractivity contribution in [2.75, 3.05) is 6.61 Å². The van der Waals surface area contributed by atoms with Crippen molar-refractivity contribution in [3.63, 3.8) is 0 Å². The Morgan fingerprint density at radius 1 is 0.509 bits per heavy atom. The van der Waals surface area contributed by atoms with E-state index in [4.69, 9.17) is 4.74 Å². The fourth-order valence-corrected chi connectivity index (χ4v) is 7.42. The summed E-state index contributed by atoms with van der Waals surface area (Å²) in [5.74, 6) is -0.520. The molecule has 3 atom stereocenters. The summed E-state index contributed by atoms with van der Waals surface area (Å²) in [5.41, 5.74) is 0. The summed E-state index contributed by atoms with van der Waals surface area (Å²) < 4.78 is 5.88. The minimum atomic E-state index is -0.793. The molecule has 334 valence electrons. The van der Waals surface area contributed by atoms with Crippen molar-refractivity contribution in [3.8, 4) is 0 Å². The molecule has 0 saturated carbocycles. The Balaban J connectivity index is 4.47. The van der Waals surface area contributed by atoms with Crippen LogP contribution in [0.15, 0.2) is 36.5 Å². The Labute approximate surface area is 353 Å². The van der Waals surface area contributed by atoms with Crippen LogP contribution in [0.1, 0.15) is 252 Å². The summed E-state index contributed by atoms with van der Waals surface area (Å²) in [6, 6.07) is -0.708. The monoisotopic (exact) mass is 802 g/mol. The Hall–Kier alpha value is -1.92. The minimum absolute atomic E-state index is 0.0570. The zero-order valence-electron chi connectivity index (χ0n) is 38.0. The van der Waals surface area contributed by atoms with Gasteiger partial charge in [-0.05, 0) is 70.6 Å². The molecular formula is C51H95NO5. The van der Waals surface area contributed by atoms with Crippen LogP contribution in [-0.4, -0.2) is 46.9 Å². The first-order valence-electron chi connectivity index (χ1n) is 24.7. The third kappa shape index (κ3) is 40.6. The molecule has 0 fully saturated rings. The minimum Gasteiger partial charge on any atom is -0.462 e. The second-order valence-corrected chi connectivity index (χ2v) is 16.9. The zero-order chi connectivity index (χ0) is 41.7. The molecule has 57 heavy (non-hydrogen) atoms. The van der Waals surface area contributed by atoms with Gasteiger partial charge < -0.3 is 20.3 Å². The second kappa shape index (κ2) is 45.2. The average molecular weight is 802 g/mol. The molecule has 0 aliphatic rings. The summed E-state index contributed by atoms with van der Waals surface area (Å²) in [4.78, 5) is 26.0. The van der Waals surface area contributed by atoms with E-state index in [1.807, 2.05) is 0 Å². The largest absolute Gasteiger partial charge is 0.462 e. The Kier molecular flexibility index (Phi) is 43.6. The fraction of sp³-hybridized carbons (Fsp3) is 0.843. The van der Waals surface area contributed by atoms with Crippen molar-refractivity contribution in [2.45, 2.75) is 270 Å². The lowest BCUT2D eigenvalue weighted by molar-refractivity contribution is -0.151. The number of ether oxygens (including phenoxy) is 1. The van der Waals surface area contributed by atoms with Crippen molar-refractivity contribution in [1.82, 2.24) is 5.32 Å². The highest BCUT2D eigenvalue weighted by molar-refractivity contribution is 5.77. The van der Waals surface area contributed by atoms with Gasteiger partial charge in [0.05, 0.1) is 25.2 Å². The number of esters is 1. The van der Waals surface area contributed by atoms with E-state index < -0.39 is 18.2 Å². The van der Waals surface area contributed by atoms with Gasteiger partial charge in [0.2, 0.25) is 5.91 Å². The molecule has 0 aromatic carbocycles. The van der Waals surface area contributed by atoms with E-state index in [0.29, 0.717) is 19.3 Å². The van der Waals surface area contributed by atoms with Crippen LogP contribution >= 0.6 is 0 Å². The third-order valence-electron chi connectivity index (χ3n) is 11.2. The molecule has 0 spiro atoms. The summed E-state index contributed by atoms with van der Waals surface area (Å²) in [5, 5.41) is 23.7. The molecule has 0 saturated heterocycles. The van der Waals surface area contributed by atoms with Crippen LogP contribution in [0.4, 0.5) is 0 Å². The molecule has 0 heterocycles. The number of hydrogen-bond acceptors (Lipinski definition) is 5. The highest BCUT2D eigenvalue weighted by Crippen LogP contribution is 2.17. The number of hydrogen-bond donors (Lipinski definition) is 3. The van der Waals surface area contributed by atoms with Crippen LogP contribution < -0.4 is 5.32 Å². The van der Waals surface area contributed by atoms with Gasteiger partial charge in [0.1, 0.15) is 6.10 Å². The molecule has 0 aromatic rings. The molecule has 0 rings (SSSR count). The number of carbonyl (C=O) groups excluding carboxylic acids is 2. The number of amides is 1. The number of carbonyl (C=O) groups is 2. The number of aliphatic hydroxyl groups excluding tert-OH is 2. The summed E-state index contributed by atoms with van der Waals surface area (Å²) in [7, 11) is 0. The van der Waals surface area contributed by atoms with Gasteiger partial charge in [-0.15, -0.1) is 0 Å². The van der Waals surface area contributed by atoms with Gasteiger partial charge in [-0.25, -0.2) is 0 Å². The Morgan fingerprint density at radius 2 is 0.930 bits per heavy atom. The maximum atomic E-state index is 13.1. The van der Waals surface area contributed by atoms with Gasteiger partial charge in [-0.2, -0.15) is 0 Å². The van der Waals surface area contributed by atoms with E-state index in [1.165, 1.54) is 116 Å². The quantitative estimate of drug-likeness (QED) is 0.0247. The smallest absolute Gasteiger partial charge is 0.306 e. The van der Waals surface area contributed by atoms with E-state index >= 15 is 0 Å². The number of nitrogens with one attached hydrogen (secondary N) is 1. The average Bonchev–Trinajstić information content (AvgIpc) is 3.20. The predicted molar refractivity (Wildman–Crippen MR) is 246 cm³/mol. The molecule has 3 unspecified atom stereocenters. The van der Waals surface area contributed by atoms with Crippen molar-refractivity contribution in [1.29, 1.82) is 0 Å². The number of unbranched alkanes of at least 4 members (excludes halogenated alkanes) is 27. The van der Waals surface area contributed by atoms with Gasteiger partial charge in [-0.1, -0.05) is 205 Å². The highest BCUT2D eigenvalue weighted by atomic mass is 16.5. The first-order chi connectivity index (χ1) is 28.0. The number of rotatable bonds is 44. The molecule has 0 aliphatic heterocycles. The summed E-state index contributed by atoms with van der Waals surface area (Å²) >= 11 is 0. The summed E-state index contributed by atoms with van der Waals surface area (Å²) in [6.07, 6.45) is 52.2. The number of allylic oxidation sites excluding steroid dienone is 6. The van der Waals surface area contributed by atoms with Crippen LogP contribution in [0.25, 0.3) is 0 Å². The third-order valence-corrected chi connectivity index (χ3v) is 11.2. The van der Waals surface area contributed by atoms with E-state index in [-0.39, 0.29) is 24.9 Å². The maximum absolute atomic E-state index is 13.1. The molecule has 6 nitrogen and oxygen atoms in total. The maximum Gasteiger partial charge on any atom is 0.306 e. The van der Waals surface area contributed by atoms with Gasteiger partial charge in [0.25, 0.3) is 0 Å². The first kappa shape index (κ1) is 55.1. The SMILES string of the molecule is CCC/C=C\CCCCCC(CC(=O)NC(CO)C(O)CCCCCCCCCCCCCCCC)OC(=O)CCCCC/C=C/C=C/CCCCCCCCC. The second-order valence-electron chi connectivity index (χ2n) is 16.9. The van der Waals surface area contributed by atoms with E-state index in [9.17, 15) is 19.8 Å². The van der Waals surface area contributed by atoms with Gasteiger partial charge in [-0.3, -0.25) is 9.59 Å². The predicted octanol–water partition coefficient (Wildman–Crippen LogP) is 14.5. The lowest BCUT2D eigenvalue weighted by Crippen LogP contribution is -2.46. The lowest BCUT2D eigenvalue weighted by Gasteiger charge is -2.24. The zero-order valence-corrected chi connectivity index (χ0v) is 38.0. The van der Waals surface area contributed by atoms with E-state index in [2.05, 4.69) is 62.5 Å².